The fourth-order valence-corrected chi connectivity index (χ4v) is 6.23. The van der Waals surface area contributed by atoms with Crippen LogP contribution in [0, 0.1) is 18.6 Å². The molecule has 10 heteroatoms. The molecule has 4 aromatic carbocycles. The summed E-state index contributed by atoms with van der Waals surface area (Å²) in [6.45, 7) is 3.55. The van der Waals surface area contributed by atoms with E-state index in [1.807, 2.05) is 44.2 Å². The molecule has 0 bridgehead atoms. The van der Waals surface area contributed by atoms with Gasteiger partial charge in [0.1, 0.15) is 24.2 Å². The van der Waals surface area contributed by atoms with Crippen LogP contribution in [0.5, 0.6) is 0 Å². The van der Waals surface area contributed by atoms with Crippen LogP contribution in [-0.2, 0) is 32.6 Å². The molecule has 4 aromatic rings. The maximum absolute atomic E-state index is 14.4. The molecule has 0 fully saturated rings. The van der Waals surface area contributed by atoms with Gasteiger partial charge in [-0.3, -0.25) is 13.9 Å². The quantitative estimate of drug-likeness (QED) is 0.172. The summed E-state index contributed by atoms with van der Waals surface area (Å²) in [4.78, 5) is 29.2. The highest BCUT2D eigenvalue weighted by Crippen LogP contribution is 2.26. The number of hydrogen-bond acceptors (Lipinski definition) is 4. The van der Waals surface area contributed by atoms with Crippen LogP contribution in [0.25, 0.3) is 0 Å². The van der Waals surface area contributed by atoms with E-state index in [1.165, 1.54) is 29.2 Å². The van der Waals surface area contributed by atoms with Gasteiger partial charge in [0.05, 0.1) is 10.6 Å². The number of benzene rings is 4. The zero-order chi connectivity index (χ0) is 32.4. The zero-order valence-electron chi connectivity index (χ0n) is 25.3. The molecule has 1 atom stereocenters. The Balaban J connectivity index is 1.78. The van der Waals surface area contributed by atoms with Gasteiger partial charge in [0, 0.05) is 19.5 Å². The molecule has 45 heavy (non-hydrogen) atoms. The Kier molecular flexibility index (Phi) is 11.4. The van der Waals surface area contributed by atoms with Crippen LogP contribution in [0.2, 0.25) is 0 Å². The smallest absolute Gasteiger partial charge is 0.264 e. The SMILES string of the molecule is CCCCNC(=O)[C@@H](Cc1ccccc1)N(Cc1ccc(F)cc1)C(=O)CN(c1ccc(C)cc1)S(=O)(=O)c1ccc(F)cc1. The lowest BCUT2D eigenvalue weighted by Crippen LogP contribution is -2.53. The van der Waals surface area contributed by atoms with Crippen molar-refractivity contribution in [2.45, 2.75) is 50.6 Å². The monoisotopic (exact) mass is 633 g/mol. The highest BCUT2D eigenvalue weighted by Gasteiger charge is 2.34. The maximum atomic E-state index is 14.4. The van der Waals surface area contributed by atoms with Crippen molar-refractivity contribution in [2.24, 2.45) is 0 Å². The summed E-state index contributed by atoms with van der Waals surface area (Å²) in [6.07, 6.45) is 1.77. The van der Waals surface area contributed by atoms with Gasteiger partial charge < -0.3 is 10.2 Å². The summed E-state index contributed by atoms with van der Waals surface area (Å²) < 4.78 is 56.4. The molecule has 0 unspecified atom stereocenters. The fraction of sp³-hybridized carbons (Fsp3) is 0.257. The third-order valence-electron chi connectivity index (χ3n) is 7.37. The molecule has 0 aliphatic carbocycles. The average molecular weight is 634 g/mol. The largest absolute Gasteiger partial charge is 0.354 e. The average Bonchev–Trinajstić information content (AvgIpc) is 3.03. The summed E-state index contributed by atoms with van der Waals surface area (Å²) in [6, 6.07) is 24.8. The predicted octanol–water partition coefficient (Wildman–Crippen LogP) is 6.02. The molecule has 1 N–H and O–H groups in total. The molecule has 0 saturated carbocycles. The minimum Gasteiger partial charge on any atom is -0.354 e. The van der Waals surface area contributed by atoms with Crippen molar-refractivity contribution in [1.29, 1.82) is 0 Å². The predicted molar refractivity (Wildman–Crippen MR) is 171 cm³/mol. The van der Waals surface area contributed by atoms with E-state index < -0.39 is 40.2 Å². The van der Waals surface area contributed by atoms with E-state index in [9.17, 15) is 26.8 Å². The molecule has 7 nitrogen and oxygen atoms in total. The molecule has 0 aromatic heterocycles. The van der Waals surface area contributed by atoms with Crippen LogP contribution < -0.4 is 9.62 Å². The number of carbonyl (C=O) groups excluding carboxylic acids is 2. The van der Waals surface area contributed by atoms with Gasteiger partial charge >= 0.3 is 0 Å². The van der Waals surface area contributed by atoms with Gasteiger partial charge in [-0.25, -0.2) is 17.2 Å². The Hall–Kier alpha value is -4.57. The van der Waals surface area contributed by atoms with Gasteiger partial charge in [0.15, 0.2) is 0 Å². The van der Waals surface area contributed by atoms with Gasteiger partial charge in [-0.2, -0.15) is 0 Å². The fourth-order valence-electron chi connectivity index (χ4n) is 4.82. The summed E-state index contributed by atoms with van der Waals surface area (Å²) in [5.74, 6) is -2.08. The Morgan fingerprint density at radius 2 is 1.40 bits per heavy atom. The molecule has 0 aliphatic heterocycles. The topological polar surface area (TPSA) is 86.8 Å². The zero-order valence-corrected chi connectivity index (χ0v) is 26.1. The molecule has 4 rings (SSSR count). The van der Waals surface area contributed by atoms with Crippen molar-refractivity contribution in [3.63, 3.8) is 0 Å². The molecule has 0 radical (unpaired) electrons. The molecule has 236 valence electrons. The van der Waals surface area contributed by atoms with Crippen LogP contribution in [0.1, 0.15) is 36.5 Å². The number of anilines is 1. The second kappa shape index (κ2) is 15.4. The van der Waals surface area contributed by atoms with Crippen molar-refractivity contribution in [2.75, 3.05) is 17.4 Å². The summed E-state index contributed by atoms with van der Waals surface area (Å²) in [5.41, 5.74) is 2.48. The van der Waals surface area contributed by atoms with Crippen molar-refractivity contribution in [1.82, 2.24) is 10.2 Å². The number of sulfonamides is 1. The Bertz CT molecular complexity index is 1670. The maximum Gasteiger partial charge on any atom is 0.264 e. The molecular formula is C35H37F2N3O4S. The molecule has 0 saturated heterocycles. The molecule has 2 amide bonds. The van der Waals surface area contributed by atoms with Crippen LogP contribution in [0.15, 0.2) is 108 Å². The number of hydrogen-bond donors (Lipinski definition) is 1. The van der Waals surface area contributed by atoms with Crippen LogP contribution in [0.3, 0.4) is 0 Å². The lowest BCUT2D eigenvalue weighted by atomic mass is 10.0. The van der Waals surface area contributed by atoms with Crippen LogP contribution in [-0.4, -0.2) is 44.3 Å². The lowest BCUT2D eigenvalue weighted by Gasteiger charge is -2.34. The Labute approximate surface area is 263 Å². The van der Waals surface area contributed by atoms with Gasteiger partial charge in [0.2, 0.25) is 11.8 Å². The minimum atomic E-state index is -4.34. The summed E-state index contributed by atoms with van der Waals surface area (Å²) >= 11 is 0. The third-order valence-corrected chi connectivity index (χ3v) is 9.16. The van der Waals surface area contributed by atoms with Crippen LogP contribution >= 0.6 is 0 Å². The van der Waals surface area contributed by atoms with Crippen molar-refractivity contribution < 1.29 is 26.8 Å². The lowest BCUT2D eigenvalue weighted by molar-refractivity contribution is -0.140. The normalized spacial score (nSPS) is 11.9. The van der Waals surface area contributed by atoms with E-state index in [2.05, 4.69) is 5.32 Å². The van der Waals surface area contributed by atoms with E-state index in [1.54, 1.807) is 24.3 Å². The Morgan fingerprint density at radius 3 is 2.00 bits per heavy atom. The van der Waals surface area contributed by atoms with E-state index in [0.717, 1.165) is 52.5 Å². The van der Waals surface area contributed by atoms with Crippen LogP contribution in [0.4, 0.5) is 14.5 Å². The van der Waals surface area contributed by atoms with E-state index in [0.29, 0.717) is 12.1 Å². The second-order valence-electron chi connectivity index (χ2n) is 10.8. The van der Waals surface area contributed by atoms with Gasteiger partial charge in [-0.05, 0) is 73.0 Å². The standard InChI is InChI=1S/C35H37F2N3O4S/c1-3-4-22-38-35(42)33(23-27-8-6-5-7-9-27)39(24-28-12-14-29(36)15-13-28)34(41)25-40(31-18-10-26(2)11-19-31)45(43,44)32-20-16-30(37)17-21-32/h5-21,33H,3-4,22-25H2,1-2H3,(H,38,42)/t33-/m1/s1. The highest BCUT2D eigenvalue weighted by molar-refractivity contribution is 7.92. The summed E-state index contributed by atoms with van der Waals surface area (Å²) in [7, 11) is -4.34. The van der Waals surface area contributed by atoms with Crippen molar-refractivity contribution in [3.8, 4) is 0 Å². The number of nitrogens with zero attached hydrogens (tertiary/aromatic N) is 2. The number of nitrogens with one attached hydrogen (secondary N) is 1. The number of aryl methyl sites for hydroxylation is 1. The number of amides is 2. The van der Waals surface area contributed by atoms with E-state index in [-0.39, 0.29) is 29.5 Å². The molecular weight excluding hydrogens is 596 g/mol. The molecule has 0 aliphatic rings. The first-order valence-electron chi connectivity index (χ1n) is 14.8. The van der Waals surface area contributed by atoms with Gasteiger partial charge in [0.25, 0.3) is 10.0 Å². The van der Waals surface area contributed by atoms with Crippen molar-refractivity contribution in [3.05, 3.63) is 131 Å². The molecule has 0 heterocycles. The number of rotatable bonds is 14. The first-order valence-corrected chi connectivity index (χ1v) is 16.2. The second-order valence-corrected chi connectivity index (χ2v) is 12.7. The number of carbonyl (C=O) groups is 2. The van der Waals surface area contributed by atoms with Crippen molar-refractivity contribution >= 4 is 27.5 Å². The minimum absolute atomic E-state index is 0.0733. The first kappa shape index (κ1) is 33.3. The summed E-state index contributed by atoms with van der Waals surface area (Å²) in [5, 5.41) is 2.93. The van der Waals surface area contributed by atoms with E-state index >= 15 is 0 Å². The number of halogens is 2. The van der Waals surface area contributed by atoms with Gasteiger partial charge in [-0.15, -0.1) is 0 Å². The third kappa shape index (κ3) is 8.98. The van der Waals surface area contributed by atoms with E-state index in [4.69, 9.17) is 0 Å². The highest BCUT2D eigenvalue weighted by atomic mass is 32.2. The first-order chi connectivity index (χ1) is 21.6. The molecule has 0 spiro atoms. The Morgan fingerprint density at radius 1 is 0.800 bits per heavy atom. The van der Waals surface area contributed by atoms with Gasteiger partial charge in [-0.1, -0.05) is 73.5 Å². The number of unbranched alkanes of at least 4 members (excludes halogenated alkanes) is 1.